The lowest BCUT2D eigenvalue weighted by atomic mass is 9.90. The van der Waals surface area contributed by atoms with Gasteiger partial charge in [0, 0.05) is 19.1 Å². The molecule has 1 aromatic carbocycles. The van der Waals surface area contributed by atoms with Crippen LogP contribution in [0.1, 0.15) is 36.5 Å². The monoisotopic (exact) mass is 310 g/mol. The Hall–Kier alpha value is -1.06. The van der Waals surface area contributed by atoms with Crippen LogP contribution in [-0.4, -0.2) is 29.9 Å². The molecular weight excluding hydrogens is 284 g/mol. The van der Waals surface area contributed by atoms with Crippen molar-refractivity contribution < 1.29 is 4.79 Å². The average Bonchev–Trinajstić information content (AvgIpc) is 2.42. The van der Waals surface area contributed by atoms with E-state index in [1.54, 1.807) is 0 Å². The van der Waals surface area contributed by atoms with Gasteiger partial charge in [-0.1, -0.05) is 30.7 Å². The van der Waals surface area contributed by atoms with Crippen molar-refractivity contribution in [1.29, 1.82) is 0 Å². The summed E-state index contributed by atoms with van der Waals surface area (Å²) >= 11 is 0. The number of nitrogens with zero attached hydrogens (tertiary/aromatic N) is 1. The highest BCUT2D eigenvalue weighted by Gasteiger charge is 2.30. The molecule has 21 heavy (non-hydrogen) atoms. The van der Waals surface area contributed by atoms with Gasteiger partial charge in [-0.3, -0.25) is 4.79 Å². The highest BCUT2D eigenvalue weighted by molar-refractivity contribution is 5.85. The summed E-state index contributed by atoms with van der Waals surface area (Å²) in [5.41, 5.74) is 9.42. The van der Waals surface area contributed by atoms with Crippen LogP contribution in [0.15, 0.2) is 18.2 Å². The molecule has 1 aliphatic heterocycles. The van der Waals surface area contributed by atoms with Crippen molar-refractivity contribution in [2.75, 3.05) is 13.1 Å². The Kier molecular flexibility index (Phi) is 6.69. The second-order valence-corrected chi connectivity index (χ2v) is 6.12. The van der Waals surface area contributed by atoms with Crippen molar-refractivity contribution in [3.63, 3.8) is 0 Å². The zero-order valence-electron chi connectivity index (χ0n) is 13.3. The minimum atomic E-state index is 0. The van der Waals surface area contributed by atoms with Gasteiger partial charge in [-0.2, -0.15) is 0 Å². The van der Waals surface area contributed by atoms with Crippen molar-refractivity contribution in [2.24, 2.45) is 11.7 Å². The molecule has 1 saturated heterocycles. The van der Waals surface area contributed by atoms with Crippen LogP contribution in [0, 0.1) is 19.8 Å². The molecule has 1 heterocycles. The van der Waals surface area contributed by atoms with E-state index < -0.39 is 0 Å². The highest BCUT2D eigenvalue weighted by atomic mass is 35.5. The molecule has 2 rings (SSSR count). The molecule has 0 saturated carbocycles. The molecule has 0 aliphatic carbocycles. The fraction of sp³-hybridized carbons (Fsp3) is 0.588. The smallest absolute Gasteiger partial charge is 0.227 e. The van der Waals surface area contributed by atoms with E-state index in [0.717, 1.165) is 18.5 Å². The molecule has 4 heteroatoms. The van der Waals surface area contributed by atoms with Gasteiger partial charge >= 0.3 is 0 Å². The average molecular weight is 311 g/mol. The van der Waals surface area contributed by atoms with Crippen molar-refractivity contribution in [1.82, 2.24) is 4.90 Å². The normalized spacial score (nSPS) is 21.8. The number of carbonyl (C=O) groups excluding carboxylic acids is 1. The summed E-state index contributed by atoms with van der Waals surface area (Å²) in [4.78, 5) is 14.6. The minimum absolute atomic E-state index is 0. The summed E-state index contributed by atoms with van der Waals surface area (Å²) in [5.74, 6) is 0.733. The Bertz CT molecular complexity index is 490. The predicted octanol–water partition coefficient (Wildman–Crippen LogP) is 2.85. The lowest BCUT2D eigenvalue weighted by Crippen LogP contribution is -2.51. The number of hydrogen-bond acceptors (Lipinski definition) is 2. The van der Waals surface area contributed by atoms with Crippen LogP contribution in [0.2, 0.25) is 0 Å². The molecule has 0 bridgehead atoms. The third kappa shape index (κ3) is 4.21. The number of benzene rings is 1. The van der Waals surface area contributed by atoms with Gasteiger partial charge < -0.3 is 10.6 Å². The van der Waals surface area contributed by atoms with Crippen LogP contribution < -0.4 is 5.73 Å². The number of rotatable bonds is 3. The van der Waals surface area contributed by atoms with Crippen molar-refractivity contribution >= 4 is 18.3 Å². The van der Waals surface area contributed by atoms with Crippen molar-refractivity contribution in [2.45, 2.75) is 46.1 Å². The summed E-state index contributed by atoms with van der Waals surface area (Å²) in [6.45, 7) is 7.77. The quantitative estimate of drug-likeness (QED) is 0.933. The third-order valence-corrected chi connectivity index (χ3v) is 4.52. The molecule has 0 spiro atoms. The van der Waals surface area contributed by atoms with Gasteiger partial charge in [0.05, 0.1) is 6.42 Å². The first kappa shape index (κ1) is 18.0. The number of amides is 1. The van der Waals surface area contributed by atoms with Crippen molar-refractivity contribution in [3.05, 3.63) is 34.9 Å². The van der Waals surface area contributed by atoms with Gasteiger partial charge in [0.25, 0.3) is 0 Å². The van der Waals surface area contributed by atoms with Gasteiger partial charge in [0.1, 0.15) is 0 Å². The van der Waals surface area contributed by atoms with Gasteiger partial charge in [-0.15, -0.1) is 12.4 Å². The molecular formula is C17H27ClN2O. The number of aryl methyl sites for hydroxylation is 2. The maximum Gasteiger partial charge on any atom is 0.227 e. The summed E-state index contributed by atoms with van der Waals surface area (Å²) in [7, 11) is 0. The lowest BCUT2D eigenvalue weighted by Gasteiger charge is -2.39. The molecule has 0 aromatic heterocycles. The summed E-state index contributed by atoms with van der Waals surface area (Å²) in [5, 5.41) is 0. The largest absolute Gasteiger partial charge is 0.338 e. The molecule has 2 unspecified atom stereocenters. The molecule has 2 atom stereocenters. The van der Waals surface area contributed by atoms with Crippen LogP contribution in [0.25, 0.3) is 0 Å². The molecule has 1 amide bonds. The van der Waals surface area contributed by atoms with E-state index in [9.17, 15) is 4.79 Å². The lowest BCUT2D eigenvalue weighted by molar-refractivity contribution is -0.135. The maximum absolute atomic E-state index is 12.6. The Balaban J connectivity index is 0.00000220. The topological polar surface area (TPSA) is 46.3 Å². The standard InChI is InChI=1S/C17H26N2O.ClH/c1-12-6-7-13(2)15(9-12)10-17(20)19-8-4-5-14(3)16(19)11-18;/h6-7,9,14,16H,4-5,8,10-11,18H2,1-3H3;1H. The van der Waals surface area contributed by atoms with E-state index in [0.29, 0.717) is 18.9 Å². The van der Waals surface area contributed by atoms with E-state index in [2.05, 4.69) is 39.0 Å². The van der Waals surface area contributed by atoms with E-state index in [1.165, 1.54) is 17.5 Å². The first-order chi connectivity index (χ1) is 9.52. The minimum Gasteiger partial charge on any atom is -0.338 e. The summed E-state index contributed by atoms with van der Waals surface area (Å²) in [6, 6.07) is 6.52. The van der Waals surface area contributed by atoms with Gasteiger partial charge in [-0.25, -0.2) is 0 Å². The Morgan fingerprint density at radius 1 is 1.38 bits per heavy atom. The molecule has 1 fully saturated rings. The Labute approximate surface area is 134 Å². The molecule has 2 N–H and O–H groups in total. The second-order valence-electron chi connectivity index (χ2n) is 6.12. The molecule has 3 nitrogen and oxygen atoms in total. The fourth-order valence-electron chi connectivity index (χ4n) is 3.17. The highest BCUT2D eigenvalue weighted by Crippen LogP contribution is 2.24. The van der Waals surface area contributed by atoms with E-state index in [1.807, 2.05) is 4.90 Å². The van der Waals surface area contributed by atoms with E-state index in [-0.39, 0.29) is 24.4 Å². The van der Waals surface area contributed by atoms with Crippen LogP contribution in [0.4, 0.5) is 0 Å². The second kappa shape index (κ2) is 7.81. The SMILES string of the molecule is Cc1ccc(C)c(CC(=O)N2CCCC(C)C2CN)c1.Cl. The Morgan fingerprint density at radius 2 is 2.10 bits per heavy atom. The summed E-state index contributed by atoms with van der Waals surface area (Å²) in [6.07, 6.45) is 2.77. The van der Waals surface area contributed by atoms with Crippen molar-refractivity contribution in [3.8, 4) is 0 Å². The first-order valence-electron chi connectivity index (χ1n) is 7.58. The number of likely N-dealkylation sites (tertiary alicyclic amines) is 1. The van der Waals surface area contributed by atoms with Gasteiger partial charge in [0.15, 0.2) is 0 Å². The number of piperidine rings is 1. The van der Waals surface area contributed by atoms with Crippen LogP contribution in [-0.2, 0) is 11.2 Å². The van der Waals surface area contributed by atoms with Crippen LogP contribution in [0.3, 0.4) is 0 Å². The number of nitrogens with two attached hydrogens (primary N) is 1. The zero-order valence-corrected chi connectivity index (χ0v) is 14.1. The first-order valence-corrected chi connectivity index (χ1v) is 7.58. The van der Waals surface area contributed by atoms with Crippen LogP contribution >= 0.6 is 12.4 Å². The zero-order chi connectivity index (χ0) is 14.7. The number of carbonyl (C=O) groups is 1. The fourth-order valence-corrected chi connectivity index (χ4v) is 3.17. The van der Waals surface area contributed by atoms with E-state index in [4.69, 9.17) is 5.73 Å². The summed E-state index contributed by atoms with van der Waals surface area (Å²) < 4.78 is 0. The van der Waals surface area contributed by atoms with Crippen LogP contribution in [0.5, 0.6) is 0 Å². The maximum atomic E-state index is 12.6. The third-order valence-electron chi connectivity index (χ3n) is 4.52. The van der Waals surface area contributed by atoms with E-state index >= 15 is 0 Å². The molecule has 1 aromatic rings. The number of halogens is 1. The van der Waals surface area contributed by atoms with Gasteiger partial charge in [-0.05, 0) is 43.7 Å². The van der Waals surface area contributed by atoms with Gasteiger partial charge in [0.2, 0.25) is 5.91 Å². The Morgan fingerprint density at radius 3 is 2.76 bits per heavy atom. The molecule has 118 valence electrons. The number of hydrogen-bond donors (Lipinski definition) is 1. The molecule has 0 radical (unpaired) electrons. The predicted molar refractivity (Wildman–Crippen MR) is 89.8 cm³/mol. The molecule has 1 aliphatic rings.